The van der Waals surface area contributed by atoms with Crippen molar-refractivity contribution in [3.63, 3.8) is 0 Å². The fraction of sp³-hybridized carbons (Fsp3) is 0.462. The molecular weight excluding hydrogens is 484 g/mol. The Morgan fingerprint density at radius 1 is 1.03 bits per heavy atom. The lowest BCUT2D eigenvalue weighted by Gasteiger charge is -2.35. The van der Waals surface area contributed by atoms with E-state index in [0.717, 1.165) is 54.7 Å². The summed E-state index contributed by atoms with van der Waals surface area (Å²) in [7, 11) is 3.26. The zero-order chi connectivity index (χ0) is 27.2. The van der Waals surface area contributed by atoms with Crippen LogP contribution in [-0.2, 0) is 20.9 Å². The number of nitrogens with zero attached hydrogens (tertiary/aromatic N) is 1. The van der Waals surface area contributed by atoms with Gasteiger partial charge in [0, 0.05) is 0 Å². The van der Waals surface area contributed by atoms with Crippen LogP contribution < -0.4 is 29.1 Å². The third-order valence-electron chi connectivity index (χ3n) is 5.76. The zero-order valence-electron chi connectivity index (χ0n) is 21.5. The third kappa shape index (κ3) is 9.45. The summed E-state index contributed by atoms with van der Waals surface area (Å²) in [5.74, 6) is -1.62. The molecule has 1 aliphatic rings. The number of methoxy groups -OCH3 is 2. The first-order chi connectivity index (χ1) is 17.8. The fourth-order valence-corrected chi connectivity index (χ4v) is 4.02. The van der Waals surface area contributed by atoms with Crippen molar-refractivity contribution < 1.29 is 48.8 Å². The van der Waals surface area contributed by atoms with E-state index in [-0.39, 0.29) is 6.61 Å². The van der Waals surface area contributed by atoms with Crippen molar-refractivity contribution in [2.45, 2.75) is 19.6 Å². The molecule has 0 radical (unpaired) electrons. The number of benzene rings is 2. The molecule has 0 spiro atoms. The van der Waals surface area contributed by atoms with Gasteiger partial charge in [-0.25, -0.2) is 4.79 Å². The van der Waals surface area contributed by atoms with Crippen molar-refractivity contribution in [1.82, 2.24) is 0 Å². The molecule has 0 saturated carbocycles. The summed E-state index contributed by atoms with van der Waals surface area (Å²) in [4.78, 5) is 21.8. The molecule has 2 aromatic rings. The van der Waals surface area contributed by atoms with E-state index >= 15 is 0 Å². The molecule has 37 heavy (non-hydrogen) atoms. The lowest BCUT2D eigenvalue weighted by atomic mass is 10.2. The number of quaternary nitrogens is 1. The Bertz CT molecular complexity index is 960. The van der Waals surface area contributed by atoms with Crippen LogP contribution >= 0.6 is 0 Å². The van der Waals surface area contributed by atoms with Gasteiger partial charge in [0.2, 0.25) is 0 Å². The van der Waals surface area contributed by atoms with Crippen molar-refractivity contribution in [2.24, 2.45) is 0 Å². The molecule has 11 nitrogen and oxygen atoms in total. The maximum absolute atomic E-state index is 10.5. The molecule has 1 fully saturated rings. The Balaban J connectivity index is 0.000000717. The Morgan fingerprint density at radius 2 is 1.59 bits per heavy atom. The Labute approximate surface area is 216 Å². The average molecular weight is 521 g/mol. The molecule has 204 valence electrons. The van der Waals surface area contributed by atoms with Gasteiger partial charge in [-0.05, 0) is 31.2 Å². The number of rotatable bonds is 11. The Kier molecular flexibility index (Phi) is 12.5. The number of anilines is 1. The number of aliphatic carboxylic acids is 2. The maximum atomic E-state index is 10.5. The topological polar surface area (TPSA) is 142 Å². The molecule has 1 unspecified atom stereocenters. The van der Waals surface area contributed by atoms with Crippen LogP contribution in [0.3, 0.4) is 0 Å². The van der Waals surface area contributed by atoms with Crippen molar-refractivity contribution in [3.05, 3.63) is 48.0 Å². The minimum absolute atomic E-state index is 0.279. The molecule has 11 heteroatoms. The highest BCUT2D eigenvalue weighted by Crippen LogP contribution is 2.29. The summed E-state index contributed by atoms with van der Waals surface area (Å²) in [5, 5.41) is 26.8. The number of nitrogens with one attached hydrogen (secondary N) is 1. The van der Waals surface area contributed by atoms with Gasteiger partial charge >= 0.3 is 5.97 Å². The number of ether oxygens (including phenoxy) is 4. The molecule has 0 aliphatic carbocycles. The first kappa shape index (κ1) is 29.7. The normalized spacial score (nSPS) is 14.2. The lowest BCUT2D eigenvalue weighted by Crippen LogP contribution is -3.16. The van der Waals surface area contributed by atoms with E-state index in [9.17, 15) is 5.11 Å². The van der Waals surface area contributed by atoms with Gasteiger partial charge in [0.1, 0.15) is 29.9 Å². The van der Waals surface area contributed by atoms with Crippen molar-refractivity contribution in [3.8, 4) is 17.2 Å². The molecule has 0 aromatic heterocycles. The summed E-state index contributed by atoms with van der Waals surface area (Å²) < 4.78 is 22.4. The van der Waals surface area contributed by atoms with Gasteiger partial charge in [0.25, 0.3) is 0 Å². The van der Waals surface area contributed by atoms with Crippen LogP contribution in [0, 0.1) is 0 Å². The molecule has 3 rings (SSSR count). The summed E-state index contributed by atoms with van der Waals surface area (Å²) in [6.45, 7) is 7.77. The van der Waals surface area contributed by atoms with Crippen LogP contribution in [0.2, 0.25) is 0 Å². The van der Waals surface area contributed by atoms with Crippen LogP contribution in [0.4, 0.5) is 5.69 Å². The minimum Gasteiger partial charge on any atom is -0.539 e. The van der Waals surface area contributed by atoms with E-state index in [1.54, 1.807) is 14.2 Å². The molecule has 2 aromatic carbocycles. The lowest BCUT2D eigenvalue weighted by molar-refractivity contribution is -0.903. The molecule has 1 saturated heterocycles. The van der Waals surface area contributed by atoms with Crippen LogP contribution in [-0.4, -0.2) is 88.4 Å². The number of hydrogen-bond acceptors (Lipinski definition) is 9. The first-order valence-electron chi connectivity index (χ1n) is 12.0. The summed E-state index contributed by atoms with van der Waals surface area (Å²) in [5.41, 5.74) is 2.01. The zero-order valence-corrected chi connectivity index (χ0v) is 21.5. The molecule has 0 amide bonds. The van der Waals surface area contributed by atoms with Gasteiger partial charge in [-0.2, -0.15) is 0 Å². The van der Waals surface area contributed by atoms with E-state index in [2.05, 4.69) is 17.0 Å². The maximum Gasteiger partial charge on any atom is 0.351 e. The predicted octanol–water partition coefficient (Wildman–Crippen LogP) is -0.794. The Morgan fingerprint density at radius 3 is 2.14 bits per heavy atom. The van der Waals surface area contributed by atoms with Crippen molar-refractivity contribution in [2.75, 3.05) is 65.1 Å². The summed E-state index contributed by atoms with van der Waals surface area (Å²) in [6, 6.07) is 13.8. The highest BCUT2D eigenvalue weighted by atomic mass is 16.5. The number of carbonyl (C=O) groups excluding carboxylic acids is 1. The number of aliphatic hydroxyl groups excluding tert-OH is 1. The number of aliphatic hydroxyl groups is 1. The summed E-state index contributed by atoms with van der Waals surface area (Å²) in [6.07, 6.45) is -0.516. The third-order valence-corrected chi connectivity index (χ3v) is 5.76. The molecule has 3 N–H and O–H groups in total. The Hall–Kier alpha value is -3.54. The second-order valence-corrected chi connectivity index (χ2v) is 8.24. The number of para-hydroxylation sites is 2. The van der Waals surface area contributed by atoms with E-state index < -0.39 is 18.0 Å². The number of piperazine rings is 1. The number of carboxylic acid groups (broad SMARTS) is 2. The standard InChI is InChI=1S/C24H34N2O5.C2H2O4/c1-4-31-24-9-6-5-8-21(24)26-14-12-25(13-15-26)16-19(27)17-30-18-20-22(28-2)10-7-11-23(20)29-3;3-1(4)2(5)6/h5-11,19,27H,4,12-18H2,1-3H3;(H,3,4)(H,5,6). The highest BCUT2D eigenvalue weighted by molar-refractivity contribution is 6.26. The number of carbonyl (C=O) groups is 2. The molecule has 0 bridgehead atoms. The molecule has 1 aliphatic heterocycles. The predicted molar refractivity (Wildman–Crippen MR) is 133 cm³/mol. The van der Waals surface area contributed by atoms with Gasteiger partial charge < -0.3 is 48.9 Å². The van der Waals surface area contributed by atoms with Crippen molar-refractivity contribution >= 4 is 17.6 Å². The van der Waals surface area contributed by atoms with Gasteiger partial charge in [-0.15, -0.1) is 0 Å². The van der Waals surface area contributed by atoms with Crippen LogP contribution in [0.25, 0.3) is 0 Å². The average Bonchev–Trinajstić information content (AvgIpc) is 2.90. The summed E-state index contributed by atoms with van der Waals surface area (Å²) >= 11 is 0. The number of hydrogen-bond donors (Lipinski definition) is 3. The molecular formula is C26H36N2O9. The second kappa shape index (κ2) is 15.5. The van der Waals surface area contributed by atoms with Crippen molar-refractivity contribution in [1.29, 1.82) is 0 Å². The largest absolute Gasteiger partial charge is 0.539 e. The van der Waals surface area contributed by atoms with Gasteiger partial charge in [-0.3, -0.25) is 0 Å². The quantitative estimate of drug-likeness (QED) is 0.323. The van der Waals surface area contributed by atoms with Gasteiger partial charge in [0.05, 0.1) is 71.5 Å². The SMILES string of the molecule is CCOc1ccccc1N1CC[NH+](CC(O)COCc2c(OC)cccc2OC)CC1.O=C([O-])C(=O)O. The molecule has 1 atom stereocenters. The first-order valence-corrected chi connectivity index (χ1v) is 12.0. The molecule has 1 heterocycles. The minimum atomic E-state index is -2.07. The van der Waals surface area contributed by atoms with Crippen LogP contribution in [0.1, 0.15) is 12.5 Å². The fourth-order valence-electron chi connectivity index (χ4n) is 4.02. The van der Waals surface area contributed by atoms with Gasteiger partial charge in [-0.1, -0.05) is 18.2 Å². The van der Waals surface area contributed by atoms with E-state index in [1.165, 1.54) is 4.90 Å². The second-order valence-electron chi connectivity index (χ2n) is 8.24. The van der Waals surface area contributed by atoms with E-state index in [4.69, 9.17) is 38.7 Å². The van der Waals surface area contributed by atoms with Crippen LogP contribution in [0.5, 0.6) is 17.2 Å². The van der Waals surface area contributed by atoms with E-state index in [0.29, 0.717) is 19.8 Å². The number of carboxylic acids is 2. The van der Waals surface area contributed by atoms with E-state index in [1.807, 2.05) is 37.3 Å². The van der Waals surface area contributed by atoms with Crippen LogP contribution in [0.15, 0.2) is 42.5 Å². The van der Waals surface area contributed by atoms with Gasteiger partial charge in [0.15, 0.2) is 5.97 Å². The monoisotopic (exact) mass is 520 g/mol. The highest BCUT2D eigenvalue weighted by Gasteiger charge is 2.24. The smallest absolute Gasteiger partial charge is 0.351 e.